The largest absolute Gasteiger partial charge is 0.465 e. The SMILES string of the molecule is COC(=O)c1ccccc1Nc1cc(C)nc(NCCc2ccc(F)cc2)n1. The first kappa shape index (κ1) is 19.3. The van der Waals surface area contributed by atoms with Crippen LogP contribution in [0.4, 0.5) is 21.8 Å². The Morgan fingerprint density at radius 2 is 1.86 bits per heavy atom. The van der Waals surface area contributed by atoms with Crippen LogP contribution < -0.4 is 10.6 Å². The van der Waals surface area contributed by atoms with Crippen LogP contribution in [0.25, 0.3) is 0 Å². The lowest BCUT2D eigenvalue weighted by Crippen LogP contribution is -2.10. The number of hydrogen-bond acceptors (Lipinski definition) is 6. The number of esters is 1. The molecule has 0 amide bonds. The summed E-state index contributed by atoms with van der Waals surface area (Å²) in [5, 5.41) is 6.33. The van der Waals surface area contributed by atoms with Crippen LogP contribution in [0.3, 0.4) is 0 Å². The molecule has 0 spiro atoms. The molecule has 0 radical (unpaired) electrons. The zero-order valence-electron chi connectivity index (χ0n) is 15.7. The summed E-state index contributed by atoms with van der Waals surface area (Å²) in [6, 6.07) is 15.2. The van der Waals surface area contributed by atoms with Gasteiger partial charge in [-0.15, -0.1) is 0 Å². The van der Waals surface area contributed by atoms with Gasteiger partial charge in [-0.25, -0.2) is 14.2 Å². The summed E-state index contributed by atoms with van der Waals surface area (Å²) in [7, 11) is 1.34. The minimum Gasteiger partial charge on any atom is -0.465 e. The molecule has 0 bridgehead atoms. The molecule has 3 aromatic rings. The second-order valence-electron chi connectivity index (χ2n) is 6.18. The van der Waals surface area contributed by atoms with Gasteiger partial charge in [-0.05, 0) is 43.2 Å². The van der Waals surface area contributed by atoms with Crippen molar-refractivity contribution >= 4 is 23.4 Å². The van der Waals surface area contributed by atoms with Crippen molar-refractivity contribution in [2.75, 3.05) is 24.3 Å². The summed E-state index contributed by atoms with van der Waals surface area (Å²) < 4.78 is 17.8. The molecule has 144 valence electrons. The molecular weight excluding hydrogens is 359 g/mol. The Morgan fingerprint density at radius 1 is 1.11 bits per heavy atom. The molecule has 2 aromatic carbocycles. The highest BCUT2D eigenvalue weighted by Gasteiger charge is 2.12. The van der Waals surface area contributed by atoms with Crippen molar-refractivity contribution in [3.8, 4) is 0 Å². The van der Waals surface area contributed by atoms with Crippen LogP contribution in [0.5, 0.6) is 0 Å². The molecule has 0 aliphatic rings. The van der Waals surface area contributed by atoms with E-state index in [4.69, 9.17) is 4.74 Å². The van der Waals surface area contributed by atoms with Gasteiger partial charge in [-0.1, -0.05) is 24.3 Å². The molecule has 0 aliphatic carbocycles. The van der Waals surface area contributed by atoms with Gasteiger partial charge in [-0.3, -0.25) is 0 Å². The summed E-state index contributed by atoms with van der Waals surface area (Å²) >= 11 is 0. The number of ether oxygens (including phenoxy) is 1. The molecule has 6 nitrogen and oxygen atoms in total. The molecule has 0 saturated heterocycles. The van der Waals surface area contributed by atoms with Gasteiger partial charge in [0.2, 0.25) is 5.95 Å². The van der Waals surface area contributed by atoms with E-state index in [2.05, 4.69) is 20.6 Å². The average molecular weight is 380 g/mol. The Balaban J connectivity index is 1.70. The van der Waals surface area contributed by atoms with Crippen LogP contribution in [0.15, 0.2) is 54.6 Å². The summed E-state index contributed by atoms with van der Waals surface area (Å²) in [5.74, 6) is 0.362. The molecule has 0 fully saturated rings. The first-order chi connectivity index (χ1) is 13.5. The number of hydrogen-bond donors (Lipinski definition) is 2. The molecule has 0 atom stereocenters. The van der Waals surface area contributed by atoms with Gasteiger partial charge >= 0.3 is 5.97 Å². The van der Waals surface area contributed by atoms with Crippen LogP contribution in [0.2, 0.25) is 0 Å². The van der Waals surface area contributed by atoms with Gasteiger partial charge in [0.1, 0.15) is 11.6 Å². The minimum absolute atomic E-state index is 0.248. The fraction of sp³-hybridized carbons (Fsp3) is 0.190. The Hall–Kier alpha value is -3.48. The number of nitrogens with zero attached hydrogens (tertiary/aromatic N) is 2. The van der Waals surface area contributed by atoms with Crippen LogP contribution in [0, 0.1) is 12.7 Å². The summed E-state index contributed by atoms with van der Waals surface area (Å²) in [6.07, 6.45) is 0.714. The van der Waals surface area contributed by atoms with Crippen molar-refractivity contribution in [2.45, 2.75) is 13.3 Å². The van der Waals surface area contributed by atoms with E-state index in [1.807, 2.05) is 13.0 Å². The first-order valence-electron chi connectivity index (χ1n) is 8.83. The monoisotopic (exact) mass is 380 g/mol. The van der Waals surface area contributed by atoms with Crippen LogP contribution in [0.1, 0.15) is 21.6 Å². The van der Waals surface area contributed by atoms with Gasteiger partial charge < -0.3 is 15.4 Å². The van der Waals surface area contributed by atoms with E-state index in [-0.39, 0.29) is 5.82 Å². The summed E-state index contributed by atoms with van der Waals surface area (Å²) in [4.78, 5) is 20.8. The number of carbonyl (C=O) groups excluding carboxylic acids is 1. The fourth-order valence-corrected chi connectivity index (χ4v) is 2.70. The lowest BCUT2D eigenvalue weighted by Gasteiger charge is -2.12. The minimum atomic E-state index is -0.425. The van der Waals surface area contributed by atoms with Gasteiger partial charge in [-0.2, -0.15) is 4.98 Å². The zero-order chi connectivity index (χ0) is 19.9. The van der Waals surface area contributed by atoms with Crippen molar-refractivity contribution in [1.29, 1.82) is 0 Å². The molecular formula is C21H21FN4O2. The number of anilines is 3. The Bertz CT molecular complexity index is 961. The normalized spacial score (nSPS) is 10.4. The van der Waals surface area contributed by atoms with Crippen molar-refractivity contribution in [3.05, 3.63) is 77.2 Å². The van der Waals surface area contributed by atoms with Gasteiger partial charge in [0.25, 0.3) is 0 Å². The quantitative estimate of drug-likeness (QED) is 0.601. The zero-order valence-corrected chi connectivity index (χ0v) is 15.7. The third kappa shape index (κ3) is 5.03. The average Bonchev–Trinajstić information content (AvgIpc) is 2.69. The number of aryl methyl sites for hydroxylation is 1. The third-order valence-corrected chi connectivity index (χ3v) is 4.06. The molecule has 0 aliphatic heterocycles. The van der Waals surface area contributed by atoms with E-state index in [1.54, 1.807) is 36.4 Å². The molecule has 1 heterocycles. The lowest BCUT2D eigenvalue weighted by molar-refractivity contribution is 0.0602. The molecule has 1 aromatic heterocycles. The Morgan fingerprint density at radius 3 is 2.61 bits per heavy atom. The van der Waals surface area contributed by atoms with E-state index in [1.165, 1.54) is 19.2 Å². The van der Waals surface area contributed by atoms with Crippen LogP contribution in [-0.2, 0) is 11.2 Å². The smallest absolute Gasteiger partial charge is 0.339 e. The first-order valence-corrected chi connectivity index (χ1v) is 8.83. The standard InChI is InChI=1S/C21H21FN4O2/c1-14-13-19(25-18-6-4-3-5-17(18)20(27)28-2)26-21(24-14)23-12-11-15-7-9-16(22)10-8-15/h3-10,13H,11-12H2,1-2H3,(H2,23,24,25,26). The molecule has 28 heavy (non-hydrogen) atoms. The Kier molecular flexibility index (Phi) is 6.16. The molecule has 0 saturated carbocycles. The number of nitrogens with one attached hydrogen (secondary N) is 2. The number of para-hydroxylation sites is 1. The van der Waals surface area contributed by atoms with Crippen molar-refractivity contribution in [1.82, 2.24) is 9.97 Å². The number of halogens is 1. The Labute approximate surface area is 162 Å². The van der Waals surface area contributed by atoms with Crippen LogP contribution >= 0.6 is 0 Å². The molecule has 2 N–H and O–H groups in total. The number of rotatable bonds is 7. The second-order valence-corrected chi connectivity index (χ2v) is 6.18. The fourth-order valence-electron chi connectivity index (χ4n) is 2.70. The number of aromatic nitrogens is 2. The van der Waals surface area contributed by atoms with E-state index in [9.17, 15) is 9.18 Å². The number of benzene rings is 2. The van der Waals surface area contributed by atoms with E-state index >= 15 is 0 Å². The maximum absolute atomic E-state index is 13.0. The van der Waals surface area contributed by atoms with Crippen LogP contribution in [-0.4, -0.2) is 29.6 Å². The van der Waals surface area contributed by atoms with E-state index in [0.717, 1.165) is 11.3 Å². The predicted octanol–water partition coefficient (Wildman–Crippen LogP) is 4.11. The number of carbonyl (C=O) groups is 1. The van der Waals surface area contributed by atoms with Crippen molar-refractivity contribution in [2.24, 2.45) is 0 Å². The molecule has 3 rings (SSSR count). The van der Waals surface area contributed by atoms with Gasteiger partial charge in [0.15, 0.2) is 0 Å². The predicted molar refractivity (Wildman–Crippen MR) is 106 cm³/mol. The highest BCUT2D eigenvalue weighted by molar-refractivity contribution is 5.96. The third-order valence-electron chi connectivity index (χ3n) is 4.06. The lowest BCUT2D eigenvalue weighted by atomic mass is 10.1. The van der Waals surface area contributed by atoms with E-state index < -0.39 is 5.97 Å². The molecule has 7 heteroatoms. The summed E-state index contributed by atoms with van der Waals surface area (Å²) in [5.41, 5.74) is 2.82. The topological polar surface area (TPSA) is 76.1 Å². The highest BCUT2D eigenvalue weighted by atomic mass is 19.1. The highest BCUT2D eigenvalue weighted by Crippen LogP contribution is 2.21. The maximum Gasteiger partial charge on any atom is 0.339 e. The molecule has 0 unspecified atom stereocenters. The van der Waals surface area contributed by atoms with Gasteiger partial charge in [0.05, 0.1) is 18.4 Å². The van der Waals surface area contributed by atoms with Gasteiger partial charge in [0, 0.05) is 18.3 Å². The van der Waals surface area contributed by atoms with E-state index in [0.29, 0.717) is 36.0 Å². The van der Waals surface area contributed by atoms with Crippen molar-refractivity contribution in [3.63, 3.8) is 0 Å². The number of methoxy groups -OCH3 is 1. The second kappa shape index (κ2) is 8.94. The van der Waals surface area contributed by atoms with Crippen molar-refractivity contribution < 1.29 is 13.9 Å². The summed E-state index contributed by atoms with van der Waals surface area (Å²) in [6.45, 7) is 2.47. The maximum atomic E-state index is 13.0.